The van der Waals surface area contributed by atoms with Crippen LogP contribution >= 0.6 is 31.9 Å². The Bertz CT molecular complexity index is 3110. The van der Waals surface area contributed by atoms with Crippen molar-refractivity contribution in [3.8, 4) is 24.2 Å². The van der Waals surface area contributed by atoms with Gasteiger partial charge in [-0.3, -0.25) is 23.5 Å². The van der Waals surface area contributed by atoms with Crippen molar-refractivity contribution in [2.75, 3.05) is 0 Å². The molecule has 0 aliphatic carbocycles. The van der Waals surface area contributed by atoms with Gasteiger partial charge >= 0.3 is 0 Å². The summed E-state index contributed by atoms with van der Waals surface area (Å²) in [5.41, 5.74) is 3.86. The van der Waals surface area contributed by atoms with Crippen molar-refractivity contribution in [3.63, 3.8) is 0 Å². The zero-order valence-corrected chi connectivity index (χ0v) is 36.8. The van der Waals surface area contributed by atoms with Gasteiger partial charge in [0.05, 0.1) is 51.7 Å². The van der Waals surface area contributed by atoms with Crippen molar-refractivity contribution in [2.24, 2.45) is 11.8 Å². The summed E-state index contributed by atoms with van der Waals surface area (Å²) in [5.74, 6) is 8.44. The van der Waals surface area contributed by atoms with E-state index in [4.69, 9.17) is 6.42 Å². The highest BCUT2D eigenvalue weighted by molar-refractivity contribution is 9.10. The van der Waals surface area contributed by atoms with Crippen LogP contribution in [0.2, 0.25) is 0 Å². The predicted octanol–water partition coefficient (Wildman–Crippen LogP) is 9.90. The molecule has 1 N–H and O–H groups in total. The van der Waals surface area contributed by atoms with Gasteiger partial charge in [0.15, 0.2) is 0 Å². The van der Waals surface area contributed by atoms with Crippen molar-refractivity contribution < 1.29 is 8.78 Å². The van der Waals surface area contributed by atoms with Gasteiger partial charge in [-0.1, -0.05) is 89.4 Å². The van der Waals surface area contributed by atoms with E-state index >= 15 is 0 Å². The van der Waals surface area contributed by atoms with Gasteiger partial charge in [0.2, 0.25) is 0 Å². The summed E-state index contributed by atoms with van der Waals surface area (Å²) < 4.78 is 30.6. The van der Waals surface area contributed by atoms with Crippen LogP contribution in [0.5, 0.6) is 0 Å². The maximum absolute atomic E-state index is 13.2. The van der Waals surface area contributed by atoms with Crippen LogP contribution in [0.15, 0.2) is 145 Å². The molecule has 13 heteroatoms. The first-order valence-electron chi connectivity index (χ1n) is 19.0. The fourth-order valence-electron chi connectivity index (χ4n) is 5.75. The van der Waals surface area contributed by atoms with Crippen LogP contribution in [-0.4, -0.2) is 29.1 Å². The molecule has 0 fully saturated rings. The van der Waals surface area contributed by atoms with E-state index in [1.54, 1.807) is 70.3 Å². The number of hydrogen-bond acceptors (Lipinski definition) is 6. The van der Waals surface area contributed by atoms with E-state index in [1.807, 2.05) is 30.3 Å². The van der Waals surface area contributed by atoms with Gasteiger partial charge in [-0.05, 0) is 103 Å². The van der Waals surface area contributed by atoms with Crippen LogP contribution in [0, 0.1) is 47.7 Å². The monoisotopic (exact) mass is 944 g/mol. The third-order valence-electron chi connectivity index (χ3n) is 8.51. The molecule has 61 heavy (non-hydrogen) atoms. The third-order valence-corrected chi connectivity index (χ3v) is 9.49. The number of aromatic nitrogens is 6. The van der Waals surface area contributed by atoms with Crippen LogP contribution in [0.3, 0.4) is 0 Å². The lowest BCUT2D eigenvalue weighted by atomic mass is 10.1. The van der Waals surface area contributed by atoms with E-state index in [0.717, 1.165) is 20.0 Å². The van der Waals surface area contributed by atoms with E-state index < -0.39 is 0 Å². The van der Waals surface area contributed by atoms with Gasteiger partial charge in [-0.15, -0.1) is 6.42 Å². The fraction of sp³-hybridized carbons (Fsp3) is 0.167. The molecule has 0 atom stereocenters. The van der Waals surface area contributed by atoms with Crippen molar-refractivity contribution >= 4 is 64.6 Å². The van der Waals surface area contributed by atoms with Crippen molar-refractivity contribution in [3.05, 3.63) is 190 Å². The number of terminal acetylenes is 1. The lowest BCUT2D eigenvalue weighted by Gasteiger charge is -2.08. The Balaban J connectivity index is 0.000000165. The molecule has 0 radical (unpaired) electrons. The van der Waals surface area contributed by atoms with Crippen LogP contribution in [0.4, 0.5) is 8.78 Å². The smallest absolute Gasteiger partial charge is 0.261 e. The SMILES string of the molecule is C#Cc1cccc(F)c1.CC(C)Cn1cnc2cc(Br)ccc2c1=O.CC(C)Cn1cnc2cc(C#Cc3cccc(F)c3)ccc2c1=O.O=c1[nH]cnc2cc(Br)ccc12. The third kappa shape index (κ3) is 13.2. The number of fused-ring (bicyclic) bond motifs is 3. The highest BCUT2D eigenvalue weighted by Crippen LogP contribution is 2.16. The number of H-pyrrole nitrogens is 1. The molecule has 0 aliphatic rings. The normalized spacial score (nSPS) is 10.4. The van der Waals surface area contributed by atoms with Crippen molar-refractivity contribution in [2.45, 2.75) is 40.8 Å². The molecule has 8 rings (SSSR count). The van der Waals surface area contributed by atoms with Crippen LogP contribution in [0.1, 0.15) is 44.4 Å². The zero-order chi connectivity index (χ0) is 44.1. The summed E-state index contributed by atoms with van der Waals surface area (Å²) in [6.07, 6.45) is 9.60. The second kappa shape index (κ2) is 21.6. The molecule has 0 spiro atoms. The van der Waals surface area contributed by atoms with E-state index in [2.05, 4.69) is 97.3 Å². The molecule has 0 saturated carbocycles. The Labute approximate surface area is 367 Å². The molecule has 0 unspecified atom stereocenters. The number of benzene rings is 5. The van der Waals surface area contributed by atoms with Crippen LogP contribution in [-0.2, 0) is 13.1 Å². The van der Waals surface area contributed by atoms with Crippen molar-refractivity contribution in [1.82, 2.24) is 29.1 Å². The number of aromatic amines is 1. The molecule has 0 amide bonds. The van der Waals surface area contributed by atoms with Gasteiger partial charge in [-0.2, -0.15) is 0 Å². The molecule has 3 heterocycles. The molecule has 5 aromatic carbocycles. The standard InChI is InChI=1S/C20H17FN2O.C12H13BrN2O.C8H5BrN2O.C8H5F/c1-14(2)12-23-13-22-19-11-16(8-9-18(19)20(23)24)7-6-15-4-3-5-17(21)10-15;1-8(2)6-15-7-14-11-5-9(13)3-4-10(11)12(15)16;9-5-1-2-6-7(3-5)10-4-11-8(6)12;1-2-7-4-3-5-8(9)6-7/h3-5,8-11,13-14H,12H2,1-2H3;3-5,7-8H,6H2,1-2H3;1-4H,(H,10,11,12);1,3-6H. The molecule has 3 aromatic heterocycles. The van der Waals surface area contributed by atoms with Gasteiger partial charge in [0, 0.05) is 38.7 Å². The maximum Gasteiger partial charge on any atom is 0.261 e. The van der Waals surface area contributed by atoms with Gasteiger partial charge in [0.25, 0.3) is 16.7 Å². The van der Waals surface area contributed by atoms with Gasteiger partial charge in [-0.25, -0.2) is 23.7 Å². The molecule has 0 saturated heterocycles. The number of rotatable bonds is 4. The maximum atomic E-state index is 13.2. The lowest BCUT2D eigenvalue weighted by Crippen LogP contribution is -2.22. The summed E-state index contributed by atoms with van der Waals surface area (Å²) in [6, 6.07) is 28.3. The summed E-state index contributed by atoms with van der Waals surface area (Å²) in [7, 11) is 0. The first-order valence-corrected chi connectivity index (χ1v) is 20.6. The molecule has 0 aliphatic heterocycles. The Morgan fingerprint density at radius 1 is 0.607 bits per heavy atom. The van der Waals surface area contributed by atoms with Gasteiger partial charge < -0.3 is 4.98 Å². The number of halogens is 4. The number of nitrogens with zero attached hydrogens (tertiary/aromatic N) is 5. The second-order valence-corrected chi connectivity index (χ2v) is 16.2. The topological polar surface area (TPSA) is 116 Å². The summed E-state index contributed by atoms with van der Waals surface area (Å²) >= 11 is 6.67. The average molecular weight is 947 g/mol. The van der Waals surface area contributed by atoms with E-state index in [0.29, 0.717) is 63.2 Å². The first-order chi connectivity index (χ1) is 29.2. The lowest BCUT2D eigenvalue weighted by molar-refractivity contribution is 0.508. The molecule has 0 bridgehead atoms. The zero-order valence-electron chi connectivity index (χ0n) is 33.7. The average Bonchev–Trinajstić information content (AvgIpc) is 3.22. The minimum Gasteiger partial charge on any atom is -0.313 e. The Hall–Kier alpha value is -6.54. The highest BCUT2D eigenvalue weighted by Gasteiger charge is 2.07. The number of nitrogens with one attached hydrogen (secondary N) is 1. The Kier molecular flexibility index (Phi) is 16.2. The first kappa shape index (κ1) is 45.5. The fourth-order valence-corrected chi connectivity index (χ4v) is 6.44. The van der Waals surface area contributed by atoms with E-state index in [1.165, 1.54) is 30.6 Å². The second-order valence-electron chi connectivity index (χ2n) is 14.4. The Morgan fingerprint density at radius 2 is 1.07 bits per heavy atom. The van der Waals surface area contributed by atoms with Crippen LogP contribution < -0.4 is 16.7 Å². The minimum atomic E-state index is -0.312. The summed E-state index contributed by atoms with van der Waals surface area (Å²) in [6.45, 7) is 9.63. The molecule has 9 nitrogen and oxygen atoms in total. The van der Waals surface area contributed by atoms with E-state index in [9.17, 15) is 23.2 Å². The quantitative estimate of drug-likeness (QED) is 0.176. The van der Waals surface area contributed by atoms with E-state index in [-0.39, 0.29) is 28.3 Å². The number of hydrogen-bond donors (Lipinski definition) is 1. The largest absolute Gasteiger partial charge is 0.313 e. The highest BCUT2D eigenvalue weighted by atomic mass is 79.9. The molecular weight excluding hydrogens is 906 g/mol. The van der Waals surface area contributed by atoms with Crippen LogP contribution in [0.25, 0.3) is 32.7 Å². The van der Waals surface area contributed by atoms with Gasteiger partial charge in [0.1, 0.15) is 11.6 Å². The molecular formula is C48H40Br2F2N6O3. The molecule has 8 aromatic rings. The Morgan fingerprint density at radius 3 is 1.57 bits per heavy atom. The predicted molar refractivity (Wildman–Crippen MR) is 246 cm³/mol. The molecule has 308 valence electrons. The minimum absolute atomic E-state index is 0.0335. The summed E-state index contributed by atoms with van der Waals surface area (Å²) in [4.78, 5) is 50.9. The van der Waals surface area contributed by atoms with Crippen molar-refractivity contribution in [1.29, 1.82) is 0 Å². The summed E-state index contributed by atoms with van der Waals surface area (Å²) in [5, 5.41) is 1.86.